The van der Waals surface area contributed by atoms with Crippen molar-refractivity contribution >= 4 is 0 Å². The van der Waals surface area contributed by atoms with E-state index in [-0.39, 0.29) is 11.9 Å². The Bertz CT molecular complexity index is 512. The second kappa shape index (κ2) is 7.17. The predicted molar refractivity (Wildman–Crippen MR) is 79.0 cm³/mol. The molecular formula is C17H20FNO. The van der Waals surface area contributed by atoms with Crippen molar-refractivity contribution in [2.24, 2.45) is 0 Å². The Labute approximate surface area is 119 Å². The zero-order valence-corrected chi connectivity index (χ0v) is 11.6. The van der Waals surface area contributed by atoms with Crippen LogP contribution in [0.2, 0.25) is 0 Å². The molecule has 0 bridgehead atoms. The van der Waals surface area contributed by atoms with Crippen LogP contribution in [0, 0.1) is 5.82 Å². The van der Waals surface area contributed by atoms with Crippen molar-refractivity contribution < 1.29 is 9.50 Å². The van der Waals surface area contributed by atoms with Crippen LogP contribution in [0.5, 0.6) is 0 Å². The molecule has 106 valence electrons. The maximum absolute atomic E-state index is 12.8. The van der Waals surface area contributed by atoms with Gasteiger partial charge in [-0.05, 0) is 43.1 Å². The second-order valence-electron chi connectivity index (χ2n) is 4.97. The molecule has 0 aromatic heterocycles. The van der Waals surface area contributed by atoms with Crippen LogP contribution in [0.1, 0.15) is 24.2 Å². The molecule has 2 aromatic rings. The first-order valence-corrected chi connectivity index (χ1v) is 6.87. The zero-order chi connectivity index (χ0) is 14.4. The van der Waals surface area contributed by atoms with Gasteiger partial charge in [-0.1, -0.05) is 42.5 Å². The molecule has 0 spiro atoms. The first-order valence-electron chi connectivity index (χ1n) is 6.87. The van der Waals surface area contributed by atoms with Crippen molar-refractivity contribution in [3.8, 4) is 0 Å². The molecule has 0 saturated carbocycles. The SMILES string of the molecule is CC(NCCc1ccccc1)C(O)c1ccc(F)cc1. The lowest BCUT2D eigenvalue weighted by Gasteiger charge is -2.20. The molecule has 2 nitrogen and oxygen atoms in total. The van der Waals surface area contributed by atoms with Gasteiger partial charge in [0.05, 0.1) is 6.10 Å². The van der Waals surface area contributed by atoms with Crippen molar-refractivity contribution in [2.45, 2.75) is 25.5 Å². The van der Waals surface area contributed by atoms with E-state index in [1.54, 1.807) is 12.1 Å². The molecular weight excluding hydrogens is 253 g/mol. The number of aliphatic hydroxyl groups excluding tert-OH is 1. The van der Waals surface area contributed by atoms with Crippen LogP contribution >= 0.6 is 0 Å². The van der Waals surface area contributed by atoms with Crippen LogP contribution in [0.3, 0.4) is 0 Å². The molecule has 2 N–H and O–H groups in total. The Hall–Kier alpha value is -1.71. The summed E-state index contributed by atoms with van der Waals surface area (Å²) in [6.45, 7) is 2.72. The molecule has 2 aromatic carbocycles. The molecule has 2 rings (SSSR count). The molecule has 0 aliphatic carbocycles. The lowest BCUT2D eigenvalue weighted by molar-refractivity contribution is 0.136. The lowest BCUT2D eigenvalue weighted by atomic mass is 10.0. The number of nitrogens with one attached hydrogen (secondary N) is 1. The van der Waals surface area contributed by atoms with Gasteiger partial charge in [-0.2, -0.15) is 0 Å². The van der Waals surface area contributed by atoms with E-state index in [9.17, 15) is 9.50 Å². The Morgan fingerprint density at radius 3 is 2.35 bits per heavy atom. The first-order chi connectivity index (χ1) is 9.66. The highest BCUT2D eigenvalue weighted by molar-refractivity contribution is 5.20. The Morgan fingerprint density at radius 1 is 1.05 bits per heavy atom. The highest BCUT2D eigenvalue weighted by atomic mass is 19.1. The molecule has 0 radical (unpaired) electrons. The molecule has 2 atom stereocenters. The second-order valence-corrected chi connectivity index (χ2v) is 4.97. The fourth-order valence-corrected chi connectivity index (χ4v) is 2.15. The highest BCUT2D eigenvalue weighted by Gasteiger charge is 2.15. The smallest absolute Gasteiger partial charge is 0.123 e. The van der Waals surface area contributed by atoms with Gasteiger partial charge >= 0.3 is 0 Å². The molecule has 0 fully saturated rings. The van der Waals surface area contributed by atoms with Gasteiger partial charge in [-0.3, -0.25) is 0 Å². The highest BCUT2D eigenvalue weighted by Crippen LogP contribution is 2.17. The average molecular weight is 273 g/mol. The number of rotatable bonds is 6. The maximum atomic E-state index is 12.8. The van der Waals surface area contributed by atoms with Crippen molar-refractivity contribution in [1.29, 1.82) is 0 Å². The minimum Gasteiger partial charge on any atom is -0.387 e. The summed E-state index contributed by atoms with van der Waals surface area (Å²) >= 11 is 0. The predicted octanol–water partition coefficient (Wildman–Crippen LogP) is 3.08. The average Bonchev–Trinajstić information content (AvgIpc) is 2.48. The van der Waals surface area contributed by atoms with E-state index in [4.69, 9.17) is 0 Å². The quantitative estimate of drug-likeness (QED) is 0.847. The van der Waals surface area contributed by atoms with E-state index in [0.717, 1.165) is 18.5 Å². The maximum Gasteiger partial charge on any atom is 0.123 e. The van der Waals surface area contributed by atoms with E-state index in [1.165, 1.54) is 17.7 Å². The number of hydrogen-bond acceptors (Lipinski definition) is 2. The summed E-state index contributed by atoms with van der Waals surface area (Å²) in [5.41, 5.74) is 1.99. The number of halogens is 1. The number of benzene rings is 2. The molecule has 3 heteroatoms. The molecule has 0 aliphatic heterocycles. The van der Waals surface area contributed by atoms with E-state index in [1.807, 2.05) is 25.1 Å². The Balaban J connectivity index is 1.82. The van der Waals surface area contributed by atoms with Gasteiger partial charge in [0.2, 0.25) is 0 Å². The van der Waals surface area contributed by atoms with Gasteiger partial charge in [0.1, 0.15) is 5.82 Å². The van der Waals surface area contributed by atoms with Gasteiger partial charge < -0.3 is 10.4 Å². The Kier molecular flexibility index (Phi) is 5.27. The number of hydrogen-bond donors (Lipinski definition) is 2. The van der Waals surface area contributed by atoms with Crippen molar-refractivity contribution in [2.75, 3.05) is 6.54 Å². The number of aliphatic hydroxyl groups is 1. The Morgan fingerprint density at radius 2 is 1.70 bits per heavy atom. The monoisotopic (exact) mass is 273 g/mol. The van der Waals surface area contributed by atoms with Gasteiger partial charge in [-0.15, -0.1) is 0 Å². The fourth-order valence-electron chi connectivity index (χ4n) is 2.15. The third-order valence-electron chi connectivity index (χ3n) is 3.41. The first kappa shape index (κ1) is 14.7. The van der Waals surface area contributed by atoms with E-state index in [0.29, 0.717) is 0 Å². The zero-order valence-electron chi connectivity index (χ0n) is 11.6. The van der Waals surface area contributed by atoms with E-state index in [2.05, 4.69) is 17.4 Å². The van der Waals surface area contributed by atoms with E-state index >= 15 is 0 Å². The van der Waals surface area contributed by atoms with Gasteiger partial charge in [0.15, 0.2) is 0 Å². The van der Waals surface area contributed by atoms with Crippen LogP contribution < -0.4 is 5.32 Å². The van der Waals surface area contributed by atoms with Crippen LogP contribution in [-0.2, 0) is 6.42 Å². The molecule has 0 amide bonds. The van der Waals surface area contributed by atoms with Crippen LogP contribution in [0.25, 0.3) is 0 Å². The minimum absolute atomic E-state index is 0.0795. The summed E-state index contributed by atoms with van der Waals surface area (Å²) in [7, 11) is 0. The van der Waals surface area contributed by atoms with Gasteiger partial charge in [0.25, 0.3) is 0 Å². The summed E-state index contributed by atoms with van der Waals surface area (Å²) < 4.78 is 12.8. The van der Waals surface area contributed by atoms with Crippen molar-refractivity contribution in [3.05, 3.63) is 71.5 Å². The lowest BCUT2D eigenvalue weighted by Crippen LogP contribution is -2.33. The normalized spacial score (nSPS) is 13.9. The summed E-state index contributed by atoms with van der Waals surface area (Å²) in [5, 5.41) is 13.5. The van der Waals surface area contributed by atoms with Gasteiger partial charge in [0, 0.05) is 6.04 Å². The van der Waals surface area contributed by atoms with Crippen LogP contribution in [-0.4, -0.2) is 17.7 Å². The van der Waals surface area contributed by atoms with Gasteiger partial charge in [-0.25, -0.2) is 4.39 Å². The molecule has 0 aliphatic rings. The van der Waals surface area contributed by atoms with Crippen LogP contribution in [0.4, 0.5) is 4.39 Å². The summed E-state index contributed by atoms with van der Waals surface area (Å²) in [5.74, 6) is -0.286. The van der Waals surface area contributed by atoms with Crippen molar-refractivity contribution in [1.82, 2.24) is 5.32 Å². The summed E-state index contributed by atoms with van der Waals surface area (Å²) in [6.07, 6.45) is 0.285. The molecule has 20 heavy (non-hydrogen) atoms. The third-order valence-corrected chi connectivity index (χ3v) is 3.41. The van der Waals surface area contributed by atoms with Crippen molar-refractivity contribution in [3.63, 3.8) is 0 Å². The van der Waals surface area contributed by atoms with Crippen LogP contribution in [0.15, 0.2) is 54.6 Å². The van der Waals surface area contributed by atoms with E-state index < -0.39 is 6.10 Å². The fraction of sp³-hybridized carbons (Fsp3) is 0.294. The molecule has 0 saturated heterocycles. The minimum atomic E-state index is -0.633. The molecule has 0 heterocycles. The summed E-state index contributed by atoms with van der Waals surface area (Å²) in [6, 6.07) is 16.1. The largest absolute Gasteiger partial charge is 0.387 e. The standard InChI is InChI=1S/C17H20FNO/c1-13(17(20)15-7-9-16(18)10-8-15)19-12-11-14-5-3-2-4-6-14/h2-10,13,17,19-20H,11-12H2,1H3. The summed E-state index contributed by atoms with van der Waals surface area (Å²) in [4.78, 5) is 0. The topological polar surface area (TPSA) is 32.3 Å². The molecule has 2 unspecified atom stereocenters. The third kappa shape index (κ3) is 4.15.